The van der Waals surface area contributed by atoms with Crippen LogP contribution in [0, 0.1) is 0 Å². The topological polar surface area (TPSA) is 163 Å². The van der Waals surface area contributed by atoms with Crippen molar-refractivity contribution in [1.29, 1.82) is 0 Å². The number of rotatable bonds is 35. The molecular formula is C59H118N6O11S+6. The van der Waals surface area contributed by atoms with Crippen molar-refractivity contribution in [3.63, 3.8) is 0 Å². The molecule has 1 aromatic carbocycles. The maximum Gasteiger partial charge on any atom is 0.330 e. The average molecular weight is 1120 g/mol. The Balaban J connectivity index is -0.000000448. The zero-order valence-electron chi connectivity index (χ0n) is 52.3. The molecule has 450 valence electrons. The quantitative estimate of drug-likeness (QED) is 0.0172. The summed E-state index contributed by atoms with van der Waals surface area (Å²) in [6.07, 6.45) is 14.4. The Kier molecular flexibility index (Phi) is 44.5. The maximum atomic E-state index is 11.0. The van der Waals surface area contributed by atoms with E-state index in [1.165, 1.54) is 43.2 Å². The summed E-state index contributed by atoms with van der Waals surface area (Å²) in [6.45, 7) is 31.9. The molecule has 0 bridgehead atoms. The van der Waals surface area contributed by atoms with Gasteiger partial charge < -0.3 is 42.0 Å². The number of likely N-dealkylation sites (N-methyl/N-ethyl adjacent to an activating group) is 2. The number of esters is 3. The van der Waals surface area contributed by atoms with Gasteiger partial charge in [-0.05, 0) is 45.6 Å². The molecule has 0 unspecified atom stereocenters. The summed E-state index contributed by atoms with van der Waals surface area (Å²) in [5.41, 5.74) is 1.46. The van der Waals surface area contributed by atoms with E-state index in [4.69, 9.17) is 28.6 Å². The number of benzene rings is 1. The number of nitrogens with zero attached hydrogens (tertiary/aromatic N) is 6. The van der Waals surface area contributed by atoms with Gasteiger partial charge in [-0.2, -0.15) is 8.42 Å². The number of hydrogen-bond acceptors (Lipinski definition) is 10. The van der Waals surface area contributed by atoms with Gasteiger partial charge in [-0.25, -0.2) is 14.4 Å². The first-order valence-corrected chi connectivity index (χ1v) is 29.2. The normalized spacial score (nSPS) is 12.8. The number of hydrogen-bond donors (Lipinski definition) is 2. The van der Waals surface area contributed by atoms with Crippen molar-refractivity contribution in [1.82, 2.24) is 0 Å². The molecule has 0 aliphatic carbocycles. The van der Waals surface area contributed by atoms with Crippen molar-refractivity contribution >= 4 is 28.0 Å². The first-order valence-electron chi connectivity index (χ1n) is 27.6. The van der Waals surface area contributed by atoms with E-state index in [-0.39, 0.29) is 30.3 Å². The minimum Gasteiger partial charge on any atom is -0.462 e. The molecule has 0 spiro atoms. The second kappa shape index (κ2) is 43.0. The van der Waals surface area contributed by atoms with Crippen LogP contribution in [-0.2, 0) is 43.4 Å². The van der Waals surface area contributed by atoms with Crippen LogP contribution in [0.5, 0.6) is 0 Å². The number of carbonyl (C=O) groups is 3. The van der Waals surface area contributed by atoms with Gasteiger partial charge in [-0.1, -0.05) is 70.3 Å². The van der Waals surface area contributed by atoms with Crippen LogP contribution in [0.4, 0.5) is 0 Å². The van der Waals surface area contributed by atoms with Crippen molar-refractivity contribution in [2.45, 2.75) is 91.5 Å². The molecule has 0 radical (unpaired) electrons. The van der Waals surface area contributed by atoms with E-state index in [1.807, 2.05) is 21.1 Å². The Labute approximate surface area is 471 Å². The van der Waals surface area contributed by atoms with Crippen LogP contribution in [0.2, 0.25) is 0 Å². The van der Waals surface area contributed by atoms with Crippen LogP contribution in [0.3, 0.4) is 0 Å². The molecule has 77 heavy (non-hydrogen) atoms. The van der Waals surface area contributed by atoms with Crippen molar-refractivity contribution in [3.8, 4) is 0 Å². The van der Waals surface area contributed by atoms with Crippen molar-refractivity contribution in [3.05, 3.63) is 86.3 Å². The van der Waals surface area contributed by atoms with E-state index in [1.54, 1.807) is 0 Å². The molecular weight excluding hydrogens is 1000 g/mol. The number of quaternary nitrogens is 6. The number of ether oxygens (including phenoxy) is 4. The molecule has 0 amide bonds. The van der Waals surface area contributed by atoms with E-state index in [0.717, 1.165) is 96.0 Å². The molecule has 0 heterocycles. The minimum atomic E-state index is -3.76. The highest BCUT2D eigenvalue weighted by molar-refractivity contribution is 7.85. The fourth-order valence-corrected chi connectivity index (χ4v) is 7.50. The van der Waals surface area contributed by atoms with E-state index in [0.29, 0.717) is 53.8 Å². The molecule has 0 aliphatic heterocycles. The molecule has 2 atom stereocenters. The Hall–Kier alpha value is -3.82. The van der Waals surface area contributed by atoms with Gasteiger partial charge in [-0.15, -0.1) is 0 Å². The first kappa shape index (κ1) is 79.7. The second-order valence-corrected chi connectivity index (χ2v) is 25.2. The van der Waals surface area contributed by atoms with Crippen molar-refractivity contribution in [2.75, 3.05) is 189 Å². The largest absolute Gasteiger partial charge is 0.462 e. The van der Waals surface area contributed by atoms with Gasteiger partial charge >= 0.3 is 17.9 Å². The van der Waals surface area contributed by atoms with E-state index < -0.39 is 10.1 Å². The minimum absolute atomic E-state index is 0.111. The fourth-order valence-electron chi connectivity index (χ4n) is 6.93. The van der Waals surface area contributed by atoms with Crippen LogP contribution in [0.25, 0.3) is 0 Å². The number of unbranched alkanes of at least 4 members (excludes halogenated alkanes) is 2. The molecule has 17 nitrogen and oxygen atoms in total. The highest BCUT2D eigenvalue weighted by atomic mass is 32.2. The number of aliphatic hydroxyl groups excluding tert-OH is 1. The Morgan fingerprint density at radius 1 is 0.558 bits per heavy atom. The summed E-state index contributed by atoms with van der Waals surface area (Å²) < 4.78 is 54.5. The predicted molar refractivity (Wildman–Crippen MR) is 318 cm³/mol. The highest BCUT2D eigenvalue weighted by Crippen LogP contribution is 2.26. The van der Waals surface area contributed by atoms with Crippen molar-refractivity contribution in [2.24, 2.45) is 0 Å². The predicted octanol–water partition coefficient (Wildman–Crippen LogP) is 7.56. The molecule has 0 aromatic heterocycles. The molecule has 18 heteroatoms. The van der Waals surface area contributed by atoms with Gasteiger partial charge in [0, 0.05) is 43.4 Å². The maximum absolute atomic E-state index is 11.0. The molecule has 1 rings (SSSR count). The van der Waals surface area contributed by atoms with E-state index in [9.17, 15) is 22.8 Å². The second-order valence-electron chi connectivity index (χ2n) is 23.6. The third-order valence-electron chi connectivity index (χ3n) is 13.1. The van der Waals surface area contributed by atoms with E-state index >= 15 is 0 Å². The lowest BCUT2D eigenvalue weighted by Crippen LogP contribution is -2.50. The summed E-state index contributed by atoms with van der Waals surface area (Å²) in [5, 5.41) is 8.40. The van der Waals surface area contributed by atoms with Crippen LogP contribution in [-0.4, -0.2) is 258 Å². The van der Waals surface area contributed by atoms with Gasteiger partial charge in [0.15, 0.2) is 0 Å². The van der Waals surface area contributed by atoms with Crippen LogP contribution < -0.4 is 0 Å². The standard InChI is InChI=1S/C18H32N2O4.C16H28N.C9H21NO3S.C8H20NO2.C8H16NO2/c1-7-17(21)23-15-9-11-19(3,4)13-14-20(5,6)12-10-16-24-18(22)8-2;1-6-7-13-17(4,5)15(3)14(2)16-11-9-8-10-12-16;1-4-10(3,5-2)8-6-7-9-14(11,12)13;1-9(2,3)5-4-7-11-8-6-10;1-5-8(10)11-7-6-9(2,3)4/h7-8,13-14H,1-2,9-12,15-16H2,3-6H3;8-12,14-15H,6-7,13H2,1-5H3;4-9H2,1-3H3;10H,4-8H2,1-3H3;5H,1,6-7H2,2-4H3/q+2;+1;;2*+1/p+1/b14-13-;;;;/t;14-,15-;;;/m.0.../s1. The molecule has 0 saturated heterocycles. The molecule has 2 N–H and O–H groups in total. The van der Waals surface area contributed by atoms with E-state index in [2.05, 4.69) is 168 Å². The molecule has 1 aromatic rings. The summed E-state index contributed by atoms with van der Waals surface area (Å²) in [5.74, 6) is -0.612. The monoisotopic (exact) mass is 1120 g/mol. The van der Waals surface area contributed by atoms with Crippen LogP contribution in [0.15, 0.2) is 80.7 Å². The van der Waals surface area contributed by atoms with Gasteiger partial charge in [-0.3, -0.25) is 13.5 Å². The number of aliphatic hydroxyl groups is 1. The lowest BCUT2D eigenvalue weighted by Gasteiger charge is -2.39. The zero-order valence-corrected chi connectivity index (χ0v) is 53.1. The Morgan fingerprint density at radius 3 is 1.36 bits per heavy atom. The Bertz CT molecular complexity index is 1820. The average Bonchev–Trinajstić information content (AvgIpc) is 3.36. The number of carbonyl (C=O) groups excluding carboxylic acids is 3. The fraction of sp³-hybridized carbons (Fsp3) is 0.712. The lowest BCUT2D eigenvalue weighted by atomic mass is 9.92. The zero-order chi connectivity index (χ0) is 60.4. The summed E-state index contributed by atoms with van der Waals surface area (Å²) in [6, 6.07) is 11.5. The molecule has 0 saturated carbocycles. The van der Waals surface area contributed by atoms with Gasteiger partial charge in [0.05, 0.1) is 182 Å². The van der Waals surface area contributed by atoms with Crippen LogP contribution >= 0.6 is 0 Å². The SMILES string of the molecule is C=CC(=O)OCCC[N+](C)(C)/C=C\[N+](C)(C)CCCOC(=O)C=C.C=CC(=O)OCC[N+](C)(C)C.CCCC[N+](C)(C)[C@@H](C)[C@H](C)c1ccccc1.CC[N+](C)(CC)CCCCS(=O)(=O)O.C[N+](C)(C)CCCOCCO. The lowest BCUT2D eigenvalue weighted by molar-refractivity contribution is -0.914. The molecule has 0 aliphatic rings. The van der Waals surface area contributed by atoms with Gasteiger partial charge in [0.2, 0.25) is 0 Å². The van der Waals surface area contributed by atoms with Gasteiger partial charge in [0.25, 0.3) is 10.1 Å². The smallest absolute Gasteiger partial charge is 0.330 e. The highest BCUT2D eigenvalue weighted by Gasteiger charge is 2.29. The van der Waals surface area contributed by atoms with Crippen LogP contribution in [0.1, 0.15) is 91.0 Å². The third-order valence-corrected chi connectivity index (χ3v) is 13.9. The van der Waals surface area contributed by atoms with Gasteiger partial charge in [0.1, 0.15) is 25.6 Å². The summed E-state index contributed by atoms with van der Waals surface area (Å²) >= 11 is 0. The Morgan fingerprint density at radius 2 is 0.987 bits per heavy atom. The summed E-state index contributed by atoms with van der Waals surface area (Å²) in [4.78, 5) is 32.5. The van der Waals surface area contributed by atoms with Crippen molar-refractivity contribution < 1.29 is 78.3 Å². The summed E-state index contributed by atoms with van der Waals surface area (Å²) in [7, 11) is 24.1. The molecule has 0 fully saturated rings. The first-order chi connectivity index (χ1) is 35.4. The third kappa shape index (κ3) is 52.6.